The van der Waals surface area contributed by atoms with E-state index in [0.29, 0.717) is 12.1 Å². The minimum atomic E-state index is -4.26. The third-order valence-electron chi connectivity index (χ3n) is 2.31. The molecule has 4 nitrogen and oxygen atoms in total. The smallest absolute Gasteiger partial charge is 0.261 e. The van der Waals surface area contributed by atoms with Gasteiger partial charge in [0.2, 0.25) is 0 Å². The maximum Gasteiger partial charge on any atom is 0.261 e. The van der Waals surface area contributed by atoms with Crippen LogP contribution in [0.3, 0.4) is 0 Å². The molecule has 1 amide bonds. The van der Waals surface area contributed by atoms with Crippen molar-refractivity contribution in [1.29, 1.82) is 0 Å². The third kappa shape index (κ3) is 4.42. The molecule has 0 saturated heterocycles. The molecule has 0 bridgehead atoms. The summed E-state index contributed by atoms with van der Waals surface area (Å²) in [5.74, 6) is -3.77. The van der Waals surface area contributed by atoms with Gasteiger partial charge in [0.15, 0.2) is 11.6 Å². The maximum atomic E-state index is 13.6. The zero-order chi connectivity index (χ0) is 15.7. The summed E-state index contributed by atoms with van der Waals surface area (Å²) < 4.78 is 49.2. The standard InChI is InChI=1S/C12H14ClF2NO3S/c1-12(2,3)6-16-11(17)8-4-7(20(13,18)19)5-9(14)10(8)15/h4-5H,6H2,1-3H3,(H,16,17). The van der Waals surface area contributed by atoms with E-state index in [1.165, 1.54) is 0 Å². The first kappa shape index (κ1) is 16.8. The molecule has 1 aromatic carbocycles. The van der Waals surface area contributed by atoms with Crippen LogP contribution >= 0.6 is 10.7 Å². The molecule has 8 heteroatoms. The Morgan fingerprint density at radius 1 is 1.30 bits per heavy atom. The van der Waals surface area contributed by atoms with Gasteiger partial charge in [0.1, 0.15) is 0 Å². The largest absolute Gasteiger partial charge is 0.351 e. The Kier molecular flexibility index (Phi) is 4.76. The summed E-state index contributed by atoms with van der Waals surface area (Å²) in [7, 11) is 0.805. The molecule has 1 aromatic rings. The SMILES string of the molecule is CC(C)(C)CNC(=O)c1cc(S(=O)(=O)Cl)cc(F)c1F. The lowest BCUT2D eigenvalue weighted by Crippen LogP contribution is -2.33. The average molecular weight is 326 g/mol. The zero-order valence-corrected chi connectivity index (χ0v) is 12.7. The molecule has 112 valence electrons. The van der Waals surface area contributed by atoms with Gasteiger partial charge >= 0.3 is 0 Å². The Morgan fingerprint density at radius 2 is 1.85 bits per heavy atom. The number of carbonyl (C=O) groups is 1. The molecule has 0 aliphatic rings. The van der Waals surface area contributed by atoms with Crippen molar-refractivity contribution in [2.24, 2.45) is 5.41 Å². The first-order valence-electron chi connectivity index (χ1n) is 5.64. The maximum absolute atomic E-state index is 13.6. The minimum absolute atomic E-state index is 0.213. The van der Waals surface area contributed by atoms with E-state index in [-0.39, 0.29) is 12.0 Å². The summed E-state index contributed by atoms with van der Waals surface area (Å²) >= 11 is 0. The van der Waals surface area contributed by atoms with Crippen LogP contribution in [0.5, 0.6) is 0 Å². The normalized spacial score (nSPS) is 12.3. The summed E-state index contributed by atoms with van der Waals surface area (Å²) in [6, 6.07) is 1.14. The fraction of sp³-hybridized carbons (Fsp3) is 0.417. The van der Waals surface area contributed by atoms with E-state index < -0.39 is 37.1 Å². The van der Waals surface area contributed by atoms with Crippen molar-refractivity contribution in [3.8, 4) is 0 Å². The molecule has 0 aliphatic heterocycles. The molecule has 1 N–H and O–H groups in total. The highest BCUT2D eigenvalue weighted by atomic mass is 35.7. The Morgan fingerprint density at radius 3 is 2.30 bits per heavy atom. The molecule has 20 heavy (non-hydrogen) atoms. The van der Waals surface area contributed by atoms with E-state index in [9.17, 15) is 22.0 Å². The minimum Gasteiger partial charge on any atom is -0.351 e. The molecule has 0 unspecified atom stereocenters. The summed E-state index contributed by atoms with van der Waals surface area (Å²) in [5, 5.41) is 2.40. The predicted molar refractivity (Wildman–Crippen MR) is 71.2 cm³/mol. The molecule has 0 radical (unpaired) electrons. The van der Waals surface area contributed by atoms with Crippen LogP contribution in [0.25, 0.3) is 0 Å². The third-order valence-corrected chi connectivity index (χ3v) is 3.64. The molecule has 1 rings (SSSR count). The van der Waals surface area contributed by atoms with Gasteiger partial charge < -0.3 is 5.32 Å². The van der Waals surface area contributed by atoms with Crippen LogP contribution in [-0.2, 0) is 9.05 Å². The second-order valence-corrected chi connectivity index (χ2v) is 8.01. The summed E-state index contributed by atoms with van der Waals surface area (Å²) in [6.45, 7) is 5.72. The molecular formula is C12H14ClF2NO3S. The number of carbonyl (C=O) groups excluding carboxylic acids is 1. The Balaban J connectivity index is 3.18. The fourth-order valence-electron chi connectivity index (χ4n) is 1.31. The highest BCUT2D eigenvalue weighted by Gasteiger charge is 2.22. The number of benzene rings is 1. The van der Waals surface area contributed by atoms with E-state index in [0.717, 1.165) is 0 Å². The Labute approximate surface area is 120 Å². The van der Waals surface area contributed by atoms with E-state index in [2.05, 4.69) is 5.32 Å². The topological polar surface area (TPSA) is 63.2 Å². The lowest BCUT2D eigenvalue weighted by Gasteiger charge is -2.19. The number of rotatable bonds is 3. The predicted octanol–water partition coefficient (Wildman–Crippen LogP) is 2.67. The highest BCUT2D eigenvalue weighted by molar-refractivity contribution is 8.13. The molecule has 0 aliphatic carbocycles. The van der Waals surface area contributed by atoms with Gasteiger partial charge in [-0.25, -0.2) is 17.2 Å². The number of amides is 1. The monoisotopic (exact) mass is 325 g/mol. The van der Waals surface area contributed by atoms with E-state index in [4.69, 9.17) is 10.7 Å². The van der Waals surface area contributed by atoms with Crippen LogP contribution in [0.2, 0.25) is 0 Å². The van der Waals surface area contributed by atoms with Gasteiger partial charge in [0.05, 0.1) is 10.5 Å². The van der Waals surface area contributed by atoms with E-state index in [1.54, 1.807) is 0 Å². The van der Waals surface area contributed by atoms with Crippen molar-refractivity contribution in [2.45, 2.75) is 25.7 Å². The number of hydrogen-bond acceptors (Lipinski definition) is 3. The molecule has 0 saturated carbocycles. The van der Waals surface area contributed by atoms with Crippen molar-refractivity contribution in [3.05, 3.63) is 29.3 Å². The van der Waals surface area contributed by atoms with Gasteiger partial charge in [-0.15, -0.1) is 0 Å². The zero-order valence-electron chi connectivity index (χ0n) is 11.1. The average Bonchev–Trinajstić information content (AvgIpc) is 2.27. The highest BCUT2D eigenvalue weighted by Crippen LogP contribution is 2.22. The number of halogens is 3. The van der Waals surface area contributed by atoms with Crippen LogP contribution in [0.15, 0.2) is 17.0 Å². The van der Waals surface area contributed by atoms with Gasteiger partial charge in [-0.3, -0.25) is 4.79 Å². The van der Waals surface area contributed by atoms with Crippen molar-refractivity contribution in [3.63, 3.8) is 0 Å². The fourth-order valence-corrected chi connectivity index (χ4v) is 2.08. The second-order valence-electron chi connectivity index (χ2n) is 5.45. The quantitative estimate of drug-likeness (QED) is 0.869. The lowest BCUT2D eigenvalue weighted by molar-refractivity contribution is 0.0934. The van der Waals surface area contributed by atoms with E-state index in [1.807, 2.05) is 20.8 Å². The summed E-state index contributed by atoms with van der Waals surface area (Å²) in [4.78, 5) is 11.1. The van der Waals surface area contributed by atoms with Crippen LogP contribution in [0.4, 0.5) is 8.78 Å². The molecule has 0 fully saturated rings. The first-order chi connectivity index (χ1) is 8.92. The van der Waals surface area contributed by atoms with Gasteiger partial charge in [0, 0.05) is 17.2 Å². The number of hydrogen-bond donors (Lipinski definition) is 1. The Bertz CT molecular complexity index is 639. The van der Waals surface area contributed by atoms with Crippen molar-refractivity contribution in [2.75, 3.05) is 6.54 Å². The molecule has 0 heterocycles. The van der Waals surface area contributed by atoms with Gasteiger partial charge in [-0.1, -0.05) is 20.8 Å². The van der Waals surface area contributed by atoms with Crippen LogP contribution in [0.1, 0.15) is 31.1 Å². The van der Waals surface area contributed by atoms with Crippen LogP contribution < -0.4 is 5.32 Å². The van der Waals surface area contributed by atoms with E-state index >= 15 is 0 Å². The van der Waals surface area contributed by atoms with Gasteiger partial charge in [-0.2, -0.15) is 0 Å². The van der Waals surface area contributed by atoms with Crippen molar-refractivity contribution < 1.29 is 22.0 Å². The lowest BCUT2D eigenvalue weighted by atomic mass is 9.97. The summed E-state index contributed by atoms with van der Waals surface area (Å²) in [6.07, 6.45) is 0. The van der Waals surface area contributed by atoms with Gasteiger partial charge in [0.25, 0.3) is 15.0 Å². The molecular weight excluding hydrogens is 312 g/mol. The number of nitrogens with one attached hydrogen (secondary N) is 1. The molecule has 0 atom stereocenters. The first-order valence-corrected chi connectivity index (χ1v) is 7.94. The summed E-state index contributed by atoms with van der Waals surface area (Å²) in [5.41, 5.74) is -0.964. The molecule has 0 spiro atoms. The van der Waals surface area contributed by atoms with Crippen molar-refractivity contribution >= 4 is 25.6 Å². The van der Waals surface area contributed by atoms with Gasteiger partial charge in [-0.05, 0) is 17.5 Å². The molecule has 0 aromatic heterocycles. The Hall–Kier alpha value is -1.21. The second kappa shape index (κ2) is 5.65. The van der Waals surface area contributed by atoms with Crippen molar-refractivity contribution in [1.82, 2.24) is 5.32 Å². The van der Waals surface area contributed by atoms with Crippen LogP contribution in [-0.4, -0.2) is 20.9 Å². The van der Waals surface area contributed by atoms with Crippen LogP contribution in [0, 0.1) is 17.0 Å².